The van der Waals surface area contributed by atoms with Crippen molar-refractivity contribution in [1.29, 1.82) is 0 Å². The Bertz CT molecular complexity index is 669. The molecule has 0 atom stereocenters. The van der Waals surface area contributed by atoms with Crippen LogP contribution in [-0.4, -0.2) is 15.0 Å². The Kier molecular flexibility index (Phi) is 3.99. The molecular formula is C16H18N4. The maximum Gasteiger partial charge on any atom is 0.130 e. The minimum absolute atomic E-state index is 0.372. The third-order valence-electron chi connectivity index (χ3n) is 3.19. The number of terminal acetylenes is 1. The van der Waals surface area contributed by atoms with Gasteiger partial charge in [0.1, 0.15) is 17.3 Å². The Labute approximate surface area is 119 Å². The molecule has 0 saturated heterocycles. The summed E-state index contributed by atoms with van der Waals surface area (Å²) in [6, 6.07) is 1.94. The maximum atomic E-state index is 5.96. The van der Waals surface area contributed by atoms with Crippen LogP contribution in [0.4, 0.5) is 5.82 Å². The predicted molar refractivity (Wildman–Crippen MR) is 80.2 cm³/mol. The van der Waals surface area contributed by atoms with E-state index >= 15 is 0 Å². The molecule has 0 spiro atoms. The highest BCUT2D eigenvalue weighted by molar-refractivity contribution is 5.44. The third kappa shape index (κ3) is 2.94. The molecule has 0 saturated carbocycles. The first-order valence-electron chi connectivity index (χ1n) is 6.54. The first-order valence-corrected chi connectivity index (χ1v) is 6.54. The highest BCUT2D eigenvalue weighted by Crippen LogP contribution is 2.23. The zero-order valence-electron chi connectivity index (χ0n) is 12.0. The second-order valence-electron chi connectivity index (χ2n) is 5.07. The number of aryl methyl sites for hydroxylation is 1. The van der Waals surface area contributed by atoms with Crippen molar-refractivity contribution in [3.05, 3.63) is 46.7 Å². The number of nitrogens with two attached hydrogens (primary N) is 1. The van der Waals surface area contributed by atoms with Crippen LogP contribution in [0.2, 0.25) is 0 Å². The average Bonchev–Trinajstić information content (AvgIpc) is 2.41. The fourth-order valence-corrected chi connectivity index (χ4v) is 2.11. The monoisotopic (exact) mass is 266 g/mol. The lowest BCUT2D eigenvalue weighted by Crippen LogP contribution is -2.05. The highest BCUT2D eigenvalue weighted by atomic mass is 14.9. The molecule has 0 aliphatic rings. The fourth-order valence-electron chi connectivity index (χ4n) is 2.11. The number of hydrogen-bond donors (Lipinski definition) is 1. The van der Waals surface area contributed by atoms with Crippen molar-refractivity contribution < 1.29 is 0 Å². The summed E-state index contributed by atoms with van der Waals surface area (Å²) in [6.07, 6.45) is 9.71. The van der Waals surface area contributed by atoms with Gasteiger partial charge in [-0.1, -0.05) is 19.8 Å². The van der Waals surface area contributed by atoms with Crippen LogP contribution in [0, 0.1) is 19.3 Å². The first-order chi connectivity index (χ1) is 9.51. The second kappa shape index (κ2) is 5.70. The van der Waals surface area contributed by atoms with Crippen molar-refractivity contribution in [3.8, 4) is 12.3 Å². The van der Waals surface area contributed by atoms with Gasteiger partial charge in [-0.2, -0.15) is 0 Å². The van der Waals surface area contributed by atoms with Crippen molar-refractivity contribution in [3.63, 3.8) is 0 Å². The van der Waals surface area contributed by atoms with Crippen molar-refractivity contribution >= 4 is 5.82 Å². The van der Waals surface area contributed by atoms with E-state index in [0.29, 0.717) is 29.7 Å². The average molecular weight is 266 g/mol. The van der Waals surface area contributed by atoms with E-state index in [-0.39, 0.29) is 0 Å². The van der Waals surface area contributed by atoms with Gasteiger partial charge in [0.2, 0.25) is 0 Å². The zero-order valence-corrected chi connectivity index (χ0v) is 12.0. The van der Waals surface area contributed by atoms with E-state index in [1.807, 2.05) is 19.2 Å². The number of pyridine rings is 1. The second-order valence-corrected chi connectivity index (χ2v) is 5.07. The fraction of sp³-hybridized carbons (Fsp3) is 0.312. The van der Waals surface area contributed by atoms with Crippen LogP contribution in [0.5, 0.6) is 0 Å². The van der Waals surface area contributed by atoms with Crippen molar-refractivity contribution in [2.75, 3.05) is 5.73 Å². The lowest BCUT2D eigenvalue weighted by atomic mass is 9.94. The van der Waals surface area contributed by atoms with Gasteiger partial charge in [-0.3, -0.25) is 0 Å². The van der Waals surface area contributed by atoms with Crippen molar-refractivity contribution in [2.45, 2.75) is 33.1 Å². The topological polar surface area (TPSA) is 64.7 Å². The molecule has 0 fully saturated rings. The molecule has 0 bridgehead atoms. The van der Waals surface area contributed by atoms with E-state index in [4.69, 9.17) is 12.2 Å². The first kappa shape index (κ1) is 14.0. The predicted octanol–water partition coefficient (Wildman–Crippen LogP) is 2.46. The summed E-state index contributed by atoms with van der Waals surface area (Å²) in [5.74, 6) is 4.14. The summed E-state index contributed by atoms with van der Waals surface area (Å²) < 4.78 is 0. The van der Waals surface area contributed by atoms with Crippen LogP contribution in [0.25, 0.3) is 0 Å². The van der Waals surface area contributed by atoms with Gasteiger partial charge in [0.25, 0.3) is 0 Å². The van der Waals surface area contributed by atoms with E-state index in [1.54, 1.807) is 6.20 Å². The smallest absolute Gasteiger partial charge is 0.130 e. The number of anilines is 1. The molecule has 2 rings (SSSR count). The van der Waals surface area contributed by atoms with Crippen molar-refractivity contribution in [2.24, 2.45) is 0 Å². The van der Waals surface area contributed by atoms with Gasteiger partial charge in [0.05, 0.1) is 0 Å². The van der Waals surface area contributed by atoms with E-state index in [9.17, 15) is 0 Å². The van der Waals surface area contributed by atoms with E-state index in [0.717, 1.165) is 11.1 Å². The number of aromatic nitrogens is 3. The molecule has 102 valence electrons. The summed E-state index contributed by atoms with van der Waals surface area (Å²) in [5, 5.41) is 0. The molecule has 0 aliphatic heterocycles. The molecule has 2 aromatic heterocycles. The standard InChI is InChI=1S/C16H18N4/c1-5-14-7-12(15(9-19-14)10(2)3)6-13-8-18-11(4)20-16(13)17/h1,7-10H,6H2,2-4H3,(H2,17,18,20). The molecule has 0 aliphatic carbocycles. The largest absolute Gasteiger partial charge is 0.383 e. The molecule has 0 unspecified atom stereocenters. The Morgan fingerprint density at radius 2 is 2.00 bits per heavy atom. The van der Waals surface area contributed by atoms with Crippen LogP contribution in [0.1, 0.15) is 48.0 Å². The summed E-state index contributed by atoms with van der Waals surface area (Å²) in [7, 11) is 0. The third-order valence-corrected chi connectivity index (χ3v) is 3.19. The summed E-state index contributed by atoms with van der Waals surface area (Å²) in [6.45, 7) is 6.08. The lowest BCUT2D eigenvalue weighted by Gasteiger charge is -2.13. The zero-order chi connectivity index (χ0) is 14.7. The summed E-state index contributed by atoms with van der Waals surface area (Å²) >= 11 is 0. The highest BCUT2D eigenvalue weighted by Gasteiger charge is 2.11. The van der Waals surface area contributed by atoms with Gasteiger partial charge in [-0.15, -0.1) is 6.42 Å². The van der Waals surface area contributed by atoms with Gasteiger partial charge in [0.15, 0.2) is 0 Å². The molecule has 4 nitrogen and oxygen atoms in total. The van der Waals surface area contributed by atoms with E-state index < -0.39 is 0 Å². The Morgan fingerprint density at radius 3 is 2.60 bits per heavy atom. The van der Waals surface area contributed by atoms with E-state index in [1.165, 1.54) is 5.56 Å². The molecule has 2 aromatic rings. The number of hydrogen-bond acceptors (Lipinski definition) is 4. The maximum absolute atomic E-state index is 5.96. The molecule has 4 heteroatoms. The Balaban J connectivity index is 2.43. The Hall–Kier alpha value is -2.41. The van der Waals surface area contributed by atoms with Crippen LogP contribution in [0.3, 0.4) is 0 Å². The summed E-state index contributed by atoms with van der Waals surface area (Å²) in [4.78, 5) is 12.7. The SMILES string of the molecule is C#Cc1cc(Cc2cnc(C)nc2N)c(C(C)C)cn1. The van der Waals surface area contributed by atoms with Crippen molar-refractivity contribution in [1.82, 2.24) is 15.0 Å². The lowest BCUT2D eigenvalue weighted by molar-refractivity contribution is 0.836. The molecule has 0 amide bonds. The molecule has 0 aromatic carbocycles. The molecule has 0 radical (unpaired) electrons. The molecular weight excluding hydrogens is 248 g/mol. The number of nitrogen functional groups attached to an aromatic ring is 1. The molecule has 20 heavy (non-hydrogen) atoms. The molecule has 2 N–H and O–H groups in total. The van der Waals surface area contributed by atoms with Gasteiger partial charge < -0.3 is 5.73 Å². The van der Waals surface area contributed by atoms with Gasteiger partial charge in [-0.05, 0) is 30.0 Å². The molecule has 2 heterocycles. The summed E-state index contributed by atoms with van der Waals surface area (Å²) in [5.41, 5.74) is 9.80. The minimum atomic E-state index is 0.372. The normalized spacial score (nSPS) is 10.6. The minimum Gasteiger partial charge on any atom is -0.383 e. The van der Waals surface area contributed by atoms with Gasteiger partial charge in [-0.25, -0.2) is 15.0 Å². The number of rotatable bonds is 3. The van der Waals surface area contributed by atoms with E-state index in [2.05, 4.69) is 34.7 Å². The van der Waals surface area contributed by atoms with Gasteiger partial charge >= 0.3 is 0 Å². The van der Waals surface area contributed by atoms with Gasteiger partial charge in [0, 0.05) is 24.4 Å². The van der Waals surface area contributed by atoms with Crippen LogP contribution in [0.15, 0.2) is 18.5 Å². The van der Waals surface area contributed by atoms with Crippen LogP contribution >= 0.6 is 0 Å². The number of nitrogens with zero attached hydrogens (tertiary/aromatic N) is 3. The quantitative estimate of drug-likeness (QED) is 0.867. The van der Waals surface area contributed by atoms with Crippen LogP contribution in [-0.2, 0) is 6.42 Å². The Morgan fingerprint density at radius 1 is 1.25 bits per heavy atom. The van der Waals surface area contributed by atoms with Crippen LogP contribution < -0.4 is 5.73 Å².